The van der Waals surface area contributed by atoms with Gasteiger partial charge in [0.2, 0.25) is 0 Å². The Hall–Kier alpha value is -9.34. The van der Waals surface area contributed by atoms with E-state index in [1.807, 2.05) is 103 Å². The lowest BCUT2D eigenvalue weighted by atomic mass is 9.33. The zero-order valence-corrected chi connectivity index (χ0v) is 47.1. The monoisotopic (exact) mass is 1080 g/mol. The molecule has 3 heterocycles. The van der Waals surface area contributed by atoms with Crippen molar-refractivity contribution in [3.63, 3.8) is 0 Å². The molecular formula is C76H60BClN4. The number of nitriles is 1. The molecule has 1 aromatic heterocycles. The molecule has 4 nitrogen and oxygen atoms in total. The van der Waals surface area contributed by atoms with E-state index in [1.54, 1.807) is 12.1 Å². The first-order chi connectivity index (χ1) is 43.0. The van der Waals surface area contributed by atoms with Gasteiger partial charge in [0, 0.05) is 48.3 Å². The Morgan fingerprint density at radius 3 is 1.62 bits per heavy atom. The second kappa shape index (κ2) is 19.4. The van der Waals surface area contributed by atoms with Crippen molar-refractivity contribution in [1.29, 1.82) is 5.26 Å². The van der Waals surface area contributed by atoms with Gasteiger partial charge in [0.15, 0.2) is 0 Å². The Morgan fingerprint density at radius 2 is 0.988 bits per heavy atom. The predicted octanol–water partition coefficient (Wildman–Crippen LogP) is 19.0. The molecule has 0 bridgehead atoms. The zero-order valence-electron chi connectivity index (χ0n) is 54.4. The number of anilines is 6. The molecule has 2 aliphatic heterocycles. The molecule has 0 aliphatic carbocycles. The normalized spacial score (nSPS) is 14.3. The van der Waals surface area contributed by atoms with Crippen LogP contribution in [0.3, 0.4) is 0 Å². The molecule has 0 saturated heterocycles. The van der Waals surface area contributed by atoms with Crippen LogP contribution in [0.25, 0.3) is 72.0 Å². The number of hydrogen-bond donors (Lipinski definition) is 0. The largest absolute Gasteiger partial charge is 0.311 e. The summed E-state index contributed by atoms with van der Waals surface area (Å²) in [5, 5.41) is 14.7. The minimum absolute atomic E-state index is 0.0568. The summed E-state index contributed by atoms with van der Waals surface area (Å²) in [4.78, 5) is 4.47. The fraction of sp³-hybridized carbons (Fsp3) is 0.118. The topological polar surface area (TPSA) is 35.2 Å². The van der Waals surface area contributed by atoms with Crippen LogP contribution in [0.4, 0.5) is 34.1 Å². The fourth-order valence-electron chi connectivity index (χ4n) is 12.4. The maximum atomic E-state index is 12.1. The van der Waals surface area contributed by atoms with E-state index in [2.05, 4.69) is 153 Å². The third-order valence-electron chi connectivity index (χ3n) is 16.5. The van der Waals surface area contributed by atoms with Crippen LogP contribution in [-0.2, 0) is 10.8 Å². The van der Waals surface area contributed by atoms with E-state index in [0.717, 1.165) is 105 Å². The highest BCUT2D eigenvalue weighted by molar-refractivity contribution is 7.00. The Kier molecular flexibility index (Phi) is 10.1. The quantitative estimate of drug-likeness (QED) is 0.149. The Morgan fingerprint density at radius 1 is 0.451 bits per heavy atom. The highest BCUT2D eigenvalue weighted by atomic mass is 35.5. The Labute approximate surface area is 498 Å². The number of fused-ring (bicyclic) bond motifs is 7. The van der Waals surface area contributed by atoms with Gasteiger partial charge in [0.1, 0.15) is 11.6 Å². The van der Waals surface area contributed by atoms with Gasteiger partial charge in [-0.05, 0) is 163 Å². The molecule has 0 unspecified atom stereocenters. The van der Waals surface area contributed by atoms with Crippen molar-refractivity contribution in [3.8, 4) is 56.3 Å². The van der Waals surface area contributed by atoms with E-state index in [9.17, 15) is 8.00 Å². The summed E-state index contributed by atoms with van der Waals surface area (Å²) in [5.74, 6) is 0. The number of benzene rings is 11. The van der Waals surface area contributed by atoms with Crippen LogP contribution in [-0.4, -0.2) is 11.3 Å². The summed E-state index contributed by atoms with van der Waals surface area (Å²) in [7, 11) is 0. The maximum absolute atomic E-state index is 12.1. The van der Waals surface area contributed by atoms with Gasteiger partial charge in [-0.1, -0.05) is 222 Å². The van der Waals surface area contributed by atoms with Crippen molar-refractivity contribution < 1.29 is 11.0 Å². The smallest absolute Gasteiger partial charge is 0.252 e. The summed E-state index contributed by atoms with van der Waals surface area (Å²) in [6.45, 7) is 10.6. The molecule has 2 aliphatic rings. The van der Waals surface area contributed by atoms with Crippen molar-refractivity contribution in [2.45, 2.75) is 59.2 Å². The number of rotatable bonds is 7. The molecule has 394 valence electrons. The van der Waals surface area contributed by atoms with Crippen LogP contribution in [0.15, 0.2) is 236 Å². The second-order valence-electron chi connectivity index (χ2n) is 23.7. The lowest BCUT2D eigenvalue weighted by Crippen LogP contribution is -2.61. The molecule has 0 amide bonds. The standard InChI is InChI=1S/C76H60BClN4/c1-48-29-31-51(32-30-48)54-37-53(50-21-12-9-13-22-50)40-60(41-54)80-71-46-59(78)34-36-65(71)77-64-35-33-52(49-19-10-8-11-20-49)42-70(64)82(73-44-56(43-72(80)74(73)77)55-38-57(75(2,3)4)45-58(39-55)76(5,6)7)69-28-18-27-68(63(69)47-79)81-66-25-16-14-23-61(66)62-24-15-17-26-67(62)81/h8-46H,1-7H3/i1D3,8D,10D,11D,19D,20D. The van der Waals surface area contributed by atoms with Gasteiger partial charge in [-0.2, -0.15) is 5.26 Å². The van der Waals surface area contributed by atoms with Crippen LogP contribution in [0, 0.1) is 18.2 Å². The van der Waals surface area contributed by atoms with E-state index < -0.39 is 31.7 Å². The predicted molar refractivity (Wildman–Crippen MR) is 348 cm³/mol. The molecule has 0 spiro atoms. The van der Waals surface area contributed by atoms with E-state index >= 15 is 0 Å². The number of aromatic nitrogens is 1. The van der Waals surface area contributed by atoms with Crippen molar-refractivity contribution in [2.75, 3.05) is 9.80 Å². The van der Waals surface area contributed by atoms with Crippen LogP contribution >= 0.6 is 11.6 Å². The fourth-order valence-corrected chi connectivity index (χ4v) is 12.6. The van der Waals surface area contributed by atoms with Crippen molar-refractivity contribution in [1.82, 2.24) is 4.57 Å². The number of halogens is 1. The summed E-state index contributed by atoms with van der Waals surface area (Å²) in [6.07, 6.45) is 0. The SMILES string of the molecule is [2H]c1c([2H])c([2H])c(-c2ccc3c(c2)N(c2cccc(-n4c5ccccc5c5ccccc54)c2C#N)c2cc(-c4cc(C(C)(C)C)cc(C(C)(C)C)c4)cc4c2B3c2ccc(Cl)cc2N4c2cc(-c3ccccc3)cc(-c3ccc(C([2H])([2H])[2H])cc3)c2)c([2H])c1[2H]. The van der Waals surface area contributed by atoms with Crippen LogP contribution in [0.5, 0.6) is 0 Å². The molecule has 11 aromatic carbocycles. The maximum Gasteiger partial charge on any atom is 0.252 e. The summed E-state index contributed by atoms with van der Waals surface area (Å²) in [6, 6.07) is 70.2. The molecule has 12 aromatic rings. The van der Waals surface area contributed by atoms with E-state index in [1.165, 1.54) is 0 Å². The van der Waals surface area contributed by atoms with Crippen molar-refractivity contribution >= 4 is 90.6 Å². The van der Waals surface area contributed by atoms with Crippen LogP contribution in [0.1, 0.15) is 74.8 Å². The van der Waals surface area contributed by atoms with Gasteiger partial charge >= 0.3 is 0 Å². The highest BCUT2D eigenvalue weighted by Gasteiger charge is 2.45. The average Bonchev–Trinajstić information content (AvgIpc) is 0.789. The van der Waals surface area contributed by atoms with Crippen LogP contribution in [0.2, 0.25) is 5.02 Å². The van der Waals surface area contributed by atoms with Gasteiger partial charge in [0.05, 0.1) is 29.3 Å². The molecule has 82 heavy (non-hydrogen) atoms. The second-order valence-corrected chi connectivity index (χ2v) is 24.1. The molecular weight excluding hydrogens is 1020 g/mol. The van der Waals surface area contributed by atoms with E-state index in [4.69, 9.17) is 19.8 Å². The van der Waals surface area contributed by atoms with Crippen molar-refractivity contribution in [2.24, 2.45) is 0 Å². The average molecular weight is 1080 g/mol. The minimum Gasteiger partial charge on any atom is -0.311 e. The third kappa shape index (κ3) is 8.52. The Balaban J connectivity index is 1.14. The van der Waals surface area contributed by atoms with Gasteiger partial charge < -0.3 is 14.4 Å². The number of aryl methyl sites for hydroxylation is 1. The molecule has 0 N–H and O–H groups in total. The van der Waals surface area contributed by atoms with Gasteiger partial charge in [0.25, 0.3) is 6.71 Å². The third-order valence-corrected chi connectivity index (χ3v) is 16.8. The van der Waals surface area contributed by atoms with E-state index in [0.29, 0.717) is 33.2 Å². The Bertz CT molecular complexity index is 4900. The first-order valence-electron chi connectivity index (χ1n) is 31.8. The molecule has 14 rings (SSSR count). The minimum atomic E-state index is -2.29. The first-order valence-corrected chi connectivity index (χ1v) is 28.1. The molecule has 0 atom stereocenters. The van der Waals surface area contributed by atoms with Crippen LogP contribution < -0.4 is 26.2 Å². The van der Waals surface area contributed by atoms with Crippen molar-refractivity contribution in [3.05, 3.63) is 264 Å². The summed E-state index contributed by atoms with van der Waals surface area (Å²) < 4.78 is 71.8. The van der Waals surface area contributed by atoms with E-state index in [-0.39, 0.29) is 34.0 Å². The van der Waals surface area contributed by atoms with Gasteiger partial charge in [-0.15, -0.1) is 0 Å². The van der Waals surface area contributed by atoms with Gasteiger partial charge in [-0.3, -0.25) is 0 Å². The molecule has 6 heteroatoms. The lowest BCUT2D eigenvalue weighted by molar-refractivity contribution is 0.569. The van der Waals surface area contributed by atoms with Gasteiger partial charge in [-0.25, -0.2) is 0 Å². The number of nitrogens with zero attached hydrogens (tertiary/aromatic N) is 4. The molecule has 0 saturated carbocycles. The highest BCUT2D eigenvalue weighted by Crippen LogP contribution is 2.50. The molecule has 0 radical (unpaired) electrons. The summed E-state index contributed by atoms with van der Waals surface area (Å²) >= 11 is 7.27. The number of para-hydroxylation sites is 2. The molecule has 0 fully saturated rings. The summed E-state index contributed by atoms with van der Waals surface area (Å²) in [5.41, 5.74) is 18.1. The first kappa shape index (κ1) is 42.5. The number of hydrogen-bond acceptors (Lipinski definition) is 3. The zero-order chi connectivity index (χ0) is 63.0. The lowest BCUT2D eigenvalue weighted by Gasteiger charge is -2.45.